The fourth-order valence-electron chi connectivity index (χ4n) is 2.40. The molecule has 0 aliphatic rings. The number of nitrogens with zero attached hydrogens (tertiary/aromatic N) is 4. The zero-order valence-electron chi connectivity index (χ0n) is 12.4. The summed E-state index contributed by atoms with van der Waals surface area (Å²) >= 11 is 1.63. The molecule has 0 aliphatic heterocycles. The van der Waals surface area contributed by atoms with Crippen LogP contribution in [0.1, 0.15) is 18.1 Å². The Bertz CT molecular complexity index is 987. The van der Waals surface area contributed by atoms with E-state index < -0.39 is 0 Å². The van der Waals surface area contributed by atoms with Crippen molar-refractivity contribution in [2.24, 2.45) is 5.10 Å². The van der Waals surface area contributed by atoms with Crippen molar-refractivity contribution in [1.82, 2.24) is 20.2 Å². The summed E-state index contributed by atoms with van der Waals surface area (Å²) in [6, 6.07) is 8.28. The maximum absolute atomic E-state index is 4.44. The number of hydrazone groups is 1. The van der Waals surface area contributed by atoms with Gasteiger partial charge in [-0.1, -0.05) is 13.0 Å². The van der Waals surface area contributed by atoms with Gasteiger partial charge in [0.15, 0.2) is 5.65 Å². The summed E-state index contributed by atoms with van der Waals surface area (Å²) in [5.74, 6) is 0.367. The zero-order chi connectivity index (χ0) is 15.6. The lowest BCUT2D eigenvalue weighted by molar-refractivity contribution is 1.01. The second kappa shape index (κ2) is 5.77. The average Bonchev–Trinajstić information content (AvgIpc) is 3.21. The van der Waals surface area contributed by atoms with Crippen molar-refractivity contribution in [2.75, 3.05) is 5.43 Å². The molecular weight excluding hydrogens is 308 g/mol. The molecule has 3 aromatic heterocycles. The molecule has 0 aliphatic carbocycles. The molecule has 4 aromatic rings. The molecule has 2 N–H and O–H groups in total. The molecule has 3 heterocycles. The molecule has 0 unspecified atom stereocenters. The monoisotopic (exact) mass is 322 g/mol. The molecule has 6 nitrogen and oxygen atoms in total. The maximum Gasteiger partial charge on any atom is 0.265 e. The summed E-state index contributed by atoms with van der Waals surface area (Å²) < 4.78 is 0. The number of aryl methyl sites for hydroxylation is 1. The SMILES string of the molecule is CCc1ccc2[nH]c3nc(NN=Cc4ccsc4)nnc3c2c1. The van der Waals surface area contributed by atoms with E-state index in [0.29, 0.717) is 11.6 Å². The molecular formula is C16H14N6S. The Morgan fingerprint density at radius 2 is 2.26 bits per heavy atom. The van der Waals surface area contributed by atoms with Crippen LogP contribution in [-0.2, 0) is 6.42 Å². The van der Waals surface area contributed by atoms with Gasteiger partial charge >= 0.3 is 0 Å². The number of thiophene rings is 1. The van der Waals surface area contributed by atoms with E-state index in [-0.39, 0.29) is 0 Å². The Hall–Kier alpha value is -2.80. The van der Waals surface area contributed by atoms with Crippen LogP contribution in [0.2, 0.25) is 0 Å². The van der Waals surface area contributed by atoms with Gasteiger partial charge in [-0.2, -0.15) is 21.4 Å². The first kappa shape index (κ1) is 13.8. The van der Waals surface area contributed by atoms with Crippen LogP contribution in [0.4, 0.5) is 5.95 Å². The summed E-state index contributed by atoms with van der Waals surface area (Å²) in [5, 5.41) is 17.6. The molecule has 1 aromatic carbocycles. The minimum atomic E-state index is 0.367. The fraction of sp³-hybridized carbons (Fsp3) is 0.125. The first-order valence-electron chi connectivity index (χ1n) is 7.30. The molecule has 0 atom stereocenters. The van der Waals surface area contributed by atoms with Crippen LogP contribution in [0.15, 0.2) is 40.1 Å². The van der Waals surface area contributed by atoms with E-state index >= 15 is 0 Å². The number of rotatable bonds is 4. The fourth-order valence-corrected chi connectivity index (χ4v) is 3.01. The second-order valence-corrected chi connectivity index (χ2v) is 5.90. The van der Waals surface area contributed by atoms with Gasteiger partial charge in [0.1, 0.15) is 5.52 Å². The van der Waals surface area contributed by atoms with E-state index in [2.05, 4.69) is 55.8 Å². The van der Waals surface area contributed by atoms with Crippen LogP contribution < -0.4 is 5.43 Å². The van der Waals surface area contributed by atoms with E-state index in [1.807, 2.05) is 16.8 Å². The summed E-state index contributed by atoms with van der Waals surface area (Å²) in [6.45, 7) is 2.13. The summed E-state index contributed by atoms with van der Waals surface area (Å²) in [5.41, 5.74) is 7.61. The van der Waals surface area contributed by atoms with Crippen LogP contribution >= 0.6 is 11.3 Å². The Morgan fingerprint density at radius 1 is 1.30 bits per heavy atom. The van der Waals surface area contributed by atoms with Crippen molar-refractivity contribution < 1.29 is 0 Å². The van der Waals surface area contributed by atoms with Crippen molar-refractivity contribution in [1.29, 1.82) is 0 Å². The molecule has 0 fully saturated rings. The molecule has 0 amide bonds. The number of H-pyrrole nitrogens is 1. The molecule has 0 saturated carbocycles. The first-order valence-corrected chi connectivity index (χ1v) is 8.24. The minimum Gasteiger partial charge on any atom is -0.338 e. The van der Waals surface area contributed by atoms with Gasteiger partial charge in [-0.15, -0.1) is 10.2 Å². The number of anilines is 1. The van der Waals surface area contributed by atoms with Crippen molar-refractivity contribution in [3.05, 3.63) is 46.2 Å². The standard InChI is InChI=1S/C16H14N6S/c1-2-10-3-4-13-12(7-10)14-15(18-13)19-16(22-20-14)21-17-8-11-5-6-23-9-11/h3-9H,2H2,1H3,(H2,18,19,21,22). The molecule has 0 bridgehead atoms. The van der Waals surface area contributed by atoms with Gasteiger partial charge < -0.3 is 4.98 Å². The van der Waals surface area contributed by atoms with Gasteiger partial charge in [-0.25, -0.2) is 5.43 Å². The number of aromatic nitrogens is 4. The van der Waals surface area contributed by atoms with Crippen molar-refractivity contribution in [3.63, 3.8) is 0 Å². The van der Waals surface area contributed by atoms with E-state index in [1.165, 1.54) is 5.56 Å². The highest BCUT2D eigenvalue weighted by molar-refractivity contribution is 7.08. The summed E-state index contributed by atoms with van der Waals surface area (Å²) in [7, 11) is 0. The lowest BCUT2D eigenvalue weighted by Crippen LogP contribution is -1.98. The smallest absolute Gasteiger partial charge is 0.265 e. The van der Waals surface area contributed by atoms with Gasteiger partial charge in [-0.05, 0) is 40.9 Å². The third kappa shape index (κ3) is 2.66. The van der Waals surface area contributed by atoms with Gasteiger partial charge in [-0.3, -0.25) is 0 Å². The molecule has 0 radical (unpaired) electrons. The Morgan fingerprint density at radius 3 is 3.09 bits per heavy atom. The number of benzene rings is 1. The highest BCUT2D eigenvalue weighted by Gasteiger charge is 2.09. The maximum atomic E-state index is 4.44. The van der Waals surface area contributed by atoms with Crippen molar-refractivity contribution in [3.8, 4) is 0 Å². The van der Waals surface area contributed by atoms with Crippen LogP contribution in [0, 0.1) is 0 Å². The van der Waals surface area contributed by atoms with E-state index in [0.717, 1.165) is 28.4 Å². The Kier molecular flexibility index (Phi) is 3.47. The van der Waals surface area contributed by atoms with E-state index in [1.54, 1.807) is 17.6 Å². The zero-order valence-corrected chi connectivity index (χ0v) is 13.3. The quantitative estimate of drug-likeness (QED) is 0.445. The predicted octanol–water partition coefficient (Wildman–Crippen LogP) is 3.58. The lowest BCUT2D eigenvalue weighted by atomic mass is 10.1. The largest absolute Gasteiger partial charge is 0.338 e. The number of fused-ring (bicyclic) bond motifs is 3. The van der Waals surface area contributed by atoms with Crippen LogP contribution in [0.5, 0.6) is 0 Å². The summed E-state index contributed by atoms with van der Waals surface area (Å²) in [6.07, 6.45) is 2.71. The lowest BCUT2D eigenvalue weighted by Gasteiger charge is -1.97. The molecule has 114 valence electrons. The van der Waals surface area contributed by atoms with Gasteiger partial charge in [0.25, 0.3) is 5.95 Å². The highest BCUT2D eigenvalue weighted by Crippen LogP contribution is 2.23. The van der Waals surface area contributed by atoms with Gasteiger partial charge in [0.2, 0.25) is 0 Å². The third-order valence-corrected chi connectivity index (χ3v) is 4.31. The van der Waals surface area contributed by atoms with Crippen LogP contribution in [0.3, 0.4) is 0 Å². The van der Waals surface area contributed by atoms with E-state index in [4.69, 9.17) is 0 Å². The third-order valence-electron chi connectivity index (χ3n) is 3.61. The minimum absolute atomic E-state index is 0.367. The predicted molar refractivity (Wildman–Crippen MR) is 94.1 cm³/mol. The van der Waals surface area contributed by atoms with Crippen LogP contribution in [-0.4, -0.2) is 26.4 Å². The average molecular weight is 322 g/mol. The number of nitrogens with one attached hydrogen (secondary N) is 2. The highest BCUT2D eigenvalue weighted by atomic mass is 32.1. The van der Waals surface area contributed by atoms with Gasteiger partial charge in [0, 0.05) is 16.5 Å². The molecule has 23 heavy (non-hydrogen) atoms. The number of aromatic amines is 1. The van der Waals surface area contributed by atoms with Crippen LogP contribution in [0.25, 0.3) is 22.1 Å². The normalized spacial score (nSPS) is 11.7. The van der Waals surface area contributed by atoms with E-state index in [9.17, 15) is 0 Å². The molecule has 0 saturated heterocycles. The van der Waals surface area contributed by atoms with Crippen molar-refractivity contribution >= 4 is 45.6 Å². The number of hydrogen-bond acceptors (Lipinski definition) is 6. The van der Waals surface area contributed by atoms with Crippen molar-refractivity contribution in [2.45, 2.75) is 13.3 Å². The second-order valence-electron chi connectivity index (χ2n) is 5.12. The Labute approximate surface area is 136 Å². The first-order chi connectivity index (χ1) is 11.3. The molecule has 4 rings (SSSR count). The molecule has 0 spiro atoms. The van der Waals surface area contributed by atoms with Gasteiger partial charge in [0.05, 0.1) is 6.21 Å². The summed E-state index contributed by atoms with van der Waals surface area (Å²) in [4.78, 5) is 7.71. The Balaban J connectivity index is 1.66. The topological polar surface area (TPSA) is 78.9 Å². The number of hydrogen-bond donors (Lipinski definition) is 2. The molecule has 7 heteroatoms.